The number of carbonyl (C=O) groups is 1. The Bertz CT molecular complexity index is 148. The van der Waals surface area contributed by atoms with Crippen LogP contribution in [-0.2, 0) is 9.53 Å². The van der Waals surface area contributed by atoms with E-state index in [9.17, 15) is 4.79 Å². The summed E-state index contributed by atoms with van der Waals surface area (Å²) in [5, 5.41) is 0. The lowest BCUT2D eigenvalue weighted by atomic mass is 10.2. The summed E-state index contributed by atoms with van der Waals surface area (Å²) >= 11 is 0. The molecule has 3 nitrogen and oxygen atoms in total. The number of rotatable bonds is 9. The Kier molecular flexibility index (Phi) is 8.89. The van der Waals surface area contributed by atoms with E-state index in [2.05, 4.69) is 11.8 Å². The van der Waals surface area contributed by atoms with E-state index in [-0.39, 0.29) is 0 Å². The first kappa shape index (κ1) is 13.6. The molecule has 0 saturated heterocycles. The molecule has 0 spiro atoms. The van der Waals surface area contributed by atoms with Crippen molar-refractivity contribution in [2.75, 3.05) is 33.4 Å². The van der Waals surface area contributed by atoms with E-state index in [1.807, 2.05) is 0 Å². The van der Waals surface area contributed by atoms with Crippen LogP contribution >= 0.6 is 0 Å². The van der Waals surface area contributed by atoms with Crippen molar-refractivity contribution in [2.24, 2.45) is 0 Å². The Morgan fingerprint density at radius 3 is 2.50 bits per heavy atom. The fourth-order valence-corrected chi connectivity index (χ4v) is 1.36. The van der Waals surface area contributed by atoms with Crippen LogP contribution < -0.4 is 0 Å². The lowest BCUT2D eigenvalue weighted by Gasteiger charge is -2.19. The highest BCUT2D eigenvalue weighted by Gasteiger charge is 2.01. The van der Waals surface area contributed by atoms with Gasteiger partial charge in [-0.25, -0.2) is 0 Å². The Labute approximate surface area is 87.4 Å². The van der Waals surface area contributed by atoms with Crippen LogP contribution in [0.4, 0.5) is 0 Å². The van der Waals surface area contributed by atoms with Crippen LogP contribution in [0.5, 0.6) is 0 Å². The van der Waals surface area contributed by atoms with Gasteiger partial charge in [0.1, 0.15) is 5.78 Å². The zero-order valence-corrected chi connectivity index (χ0v) is 9.71. The normalized spacial score (nSPS) is 10.9. The Morgan fingerprint density at radius 1 is 1.29 bits per heavy atom. The predicted molar refractivity (Wildman–Crippen MR) is 58.5 cm³/mol. The summed E-state index contributed by atoms with van der Waals surface area (Å²) in [5.74, 6) is 0.296. The molecule has 0 rings (SSSR count). The van der Waals surface area contributed by atoms with E-state index in [4.69, 9.17) is 4.74 Å². The van der Waals surface area contributed by atoms with Gasteiger partial charge in [-0.2, -0.15) is 0 Å². The van der Waals surface area contributed by atoms with Crippen LogP contribution in [0.25, 0.3) is 0 Å². The Balaban J connectivity index is 3.37. The third-order valence-corrected chi connectivity index (χ3v) is 2.31. The average Bonchev–Trinajstić information content (AvgIpc) is 2.16. The van der Waals surface area contributed by atoms with E-state index in [0.717, 1.165) is 45.5 Å². The molecule has 3 heteroatoms. The van der Waals surface area contributed by atoms with E-state index in [1.165, 1.54) is 0 Å². The van der Waals surface area contributed by atoms with Crippen molar-refractivity contribution < 1.29 is 9.53 Å². The lowest BCUT2D eigenvalue weighted by molar-refractivity contribution is -0.117. The maximum absolute atomic E-state index is 10.7. The van der Waals surface area contributed by atoms with Crippen molar-refractivity contribution in [1.29, 1.82) is 0 Å². The smallest absolute Gasteiger partial charge is 0.129 e. The fraction of sp³-hybridized carbons (Fsp3) is 0.909. The van der Waals surface area contributed by atoms with Crippen molar-refractivity contribution in [3.63, 3.8) is 0 Å². The molecule has 84 valence electrons. The van der Waals surface area contributed by atoms with Crippen molar-refractivity contribution in [3.8, 4) is 0 Å². The number of ketones is 1. The summed E-state index contributed by atoms with van der Waals surface area (Å²) in [7, 11) is 1.73. The van der Waals surface area contributed by atoms with Crippen molar-refractivity contribution in [2.45, 2.75) is 33.1 Å². The molecule has 0 N–H and O–H groups in total. The van der Waals surface area contributed by atoms with Crippen molar-refractivity contribution in [3.05, 3.63) is 0 Å². The number of hydrogen-bond acceptors (Lipinski definition) is 3. The zero-order chi connectivity index (χ0) is 10.8. The molecule has 14 heavy (non-hydrogen) atoms. The number of unbranched alkanes of at least 4 members (excludes halogenated alkanes) is 1. The minimum absolute atomic E-state index is 0.296. The number of nitrogens with zero attached hydrogens (tertiary/aromatic N) is 1. The first-order valence-electron chi connectivity index (χ1n) is 5.41. The first-order valence-corrected chi connectivity index (χ1v) is 5.41. The fourth-order valence-electron chi connectivity index (χ4n) is 1.36. The molecule has 0 aliphatic carbocycles. The largest absolute Gasteiger partial charge is 0.383 e. The van der Waals surface area contributed by atoms with Gasteiger partial charge in [-0.3, -0.25) is 0 Å². The molecule has 0 amide bonds. The zero-order valence-electron chi connectivity index (χ0n) is 9.71. The van der Waals surface area contributed by atoms with Gasteiger partial charge in [0, 0.05) is 20.1 Å². The third kappa shape index (κ3) is 8.20. The van der Waals surface area contributed by atoms with Crippen molar-refractivity contribution >= 4 is 5.78 Å². The average molecular weight is 201 g/mol. The molecule has 0 aromatic carbocycles. The van der Waals surface area contributed by atoms with Gasteiger partial charge in [0.25, 0.3) is 0 Å². The minimum Gasteiger partial charge on any atom is -0.383 e. The number of Topliss-reactive ketones (excluding diaryl/α,β-unsaturated/α-hetero) is 1. The molecule has 0 saturated carbocycles. The summed E-state index contributed by atoms with van der Waals surface area (Å²) in [4.78, 5) is 13.0. The van der Waals surface area contributed by atoms with Gasteiger partial charge in [-0.1, -0.05) is 6.92 Å². The van der Waals surface area contributed by atoms with Gasteiger partial charge >= 0.3 is 0 Å². The molecule has 0 atom stereocenters. The summed E-state index contributed by atoms with van der Waals surface area (Å²) in [6, 6.07) is 0. The van der Waals surface area contributed by atoms with Gasteiger partial charge in [0.2, 0.25) is 0 Å². The second kappa shape index (κ2) is 9.16. The SMILES string of the molecule is CCN(CCCCC(C)=O)CCOC. The summed E-state index contributed by atoms with van der Waals surface area (Å²) in [6.07, 6.45) is 2.85. The van der Waals surface area contributed by atoms with Gasteiger partial charge in [-0.05, 0) is 32.9 Å². The molecule has 0 aromatic rings. The Hall–Kier alpha value is -0.410. The summed E-state index contributed by atoms with van der Waals surface area (Å²) < 4.78 is 5.02. The monoisotopic (exact) mass is 201 g/mol. The minimum atomic E-state index is 0.296. The topological polar surface area (TPSA) is 29.5 Å². The highest BCUT2D eigenvalue weighted by molar-refractivity contribution is 5.75. The molecule has 0 fully saturated rings. The Morgan fingerprint density at radius 2 is 2.00 bits per heavy atom. The van der Waals surface area contributed by atoms with E-state index in [1.54, 1.807) is 14.0 Å². The van der Waals surface area contributed by atoms with E-state index < -0.39 is 0 Å². The van der Waals surface area contributed by atoms with Gasteiger partial charge in [0.05, 0.1) is 6.61 Å². The standard InChI is InChI=1S/C11H23NO2/c1-4-12(9-10-14-3)8-6-5-7-11(2)13/h4-10H2,1-3H3. The molecular weight excluding hydrogens is 178 g/mol. The van der Waals surface area contributed by atoms with Crippen LogP contribution in [0.2, 0.25) is 0 Å². The summed E-state index contributed by atoms with van der Waals surface area (Å²) in [5.41, 5.74) is 0. The highest BCUT2D eigenvalue weighted by atomic mass is 16.5. The van der Waals surface area contributed by atoms with Crippen LogP contribution in [0.1, 0.15) is 33.1 Å². The molecule has 0 aliphatic heterocycles. The maximum Gasteiger partial charge on any atom is 0.129 e. The van der Waals surface area contributed by atoms with E-state index >= 15 is 0 Å². The van der Waals surface area contributed by atoms with Gasteiger partial charge in [-0.15, -0.1) is 0 Å². The summed E-state index contributed by atoms with van der Waals surface area (Å²) in [6.45, 7) is 7.73. The second-order valence-corrected chi connectivity index (χ2v) is 3.59. The molecular formula is C11H23NO2. The van der Waals surface area contributed by atoms with Crippen LogP contribution in [0.3, 0.4) is 0 Å². The number of ether oxygens (including phenoxy) is 1. The quantitative estimate of drug-likeness (QED) is 0.532. The number of likely N-dealkylation sites (N-methyl/N-ethyl adjacent to an activating group) is 1. The molecule has 0 radical (unpaired) electrons. The lowest BCUT2D eigenvalue weighted by Crippen LogP contribution is -2.28. The molecule has 0 unspecified atom stereocenters. The number of methoxy groups -OCH3 is 1. The van der Waals surface area contributed by atoms with Crippen LogP contribution in [0, 0.1) is 0 Å². The number of hydrogen-bond donors (Lipinski definition) is 0. The second-order valence-electron chi connectivity index (χ2n) is 3.59. The maximum atomic E-state index is 10.7. The number of carbonyl (C=O) groups excluding carboxylic acids is 1. The van der Waals surface area contributed by atoms with Crippen LogP contribution in [-0.4, -0.2) is 44.0 Å². The first-order chi connectivity index (χ1) is 6.70. The molecule has 0 aliphatic rings. The molecule has 0 bridgehead atoms. The van der Waals surface area contributed by atoms with Gasteiger partial charge in [0.15, 0.2) is 0 Å². The van der Waals surface area contributed by atoms with Gasteiger partial charge < -0.3 is 14.4 Å². The highest BCUT2D eigenvalue weighted by Crippen LogP contribution is 1.99. The molecule has 0 aromatic heterocycles. The van der Waals surface area contributed by atoms with E-state index in [0.29, 0.717) is 5.78 Å². The van der Waals surface area contributed by atoms with Crippen molar-refractivity contribution in [1.82, 2.24) is 4.90 Å². The third-order valence-electron chi connectivity index (χ3n) is 2.31. The predicted octanol–water partition coefficient (Wildman–Crippen LogP) is 1.71. The molecule has 0 heterocycles. The van der Waals surface area contributed by atoms with Crippen LogP contribution in [0.15, 0.2) is 0 Å².